The molecule has 0 spiro atoms. The number of rotatable bonds is 3. The largest absolute Gasteiger partial charge is 0.0911 e. The monoisotopic (exact) mass is 125 g/mol. The molecule has 1 radical (unpaired) electrons. The predicted octanol–water partition coefficient (Wildman–Crippen LogP) is 3.20. The lowest BCUT2D eigenvalue weighted by molar-refractivity contribution is 0.549. The smallest absolute Gasteiger partial charge is 0.0144 e. The molecule has 0 aromatic rings. The third-order valence-corrected chi connectivity index (χ3v) is 1.33. The minimum Gasteiger partial charge on any atom is -0.0911 e. The van der Waals surface area contributed by atoms with Gasteiger partial charge in [0.2, 0.25) is 0 Å². The van der Waals surface area contributed by atoms with Gasteiger partial charge in [0.15, 0.2) is 0 Å². The summed E-state index contributed by atoms with van der Waals surface area (Å²) in [6, 6.07) is 0. The van der Waals surface area contributed by atoms with Gasteiger partial charge in [-0.2, -0.15) is 0 Å². The van der Waals surface area contributed by atoms with Crippen molar-refractivity contribution in [2.24, 2.45) is 5.41 Å². The minimum absolute atomic E-state index is 0.295. The fourth-order valence-electron chi connectivity index (χ4n) is 1.02. The van der Waals surface area contributed by atoms with Crippen LogP contribution in [-0.2, 0) is 0 Å². The Bertz CT molecular complexity index is 88.2. The molecule has 0 fully saturated rings. The van der Waals surface area contributed by atoms with Gasteiger partial charge in [0.25, 0.3) is 0 Å². The molecule has 0 heteroatoms. The fourth-order valence-corrected chi connectivity index (χ4v) is 1.02. The SMILES string of the molecule is CC=CC(C)(C)[CH]CC. The van der Waals surface area contributed by atoms with Crippen molar-refractivity contribution in [2.45, 2.75) is 34.1 Å². The molecule has 0 aliphatic carbocycles. The van der Waals surface area contributed by atoms with E-state index in [1.807, 2.05) is 0 Å². The van der Waals surface area contributed by atoms with E-state index in [-0.39, 0.29) is 0 Å². The molecule has 0 unspecified atom stereocenters. The van der Waals surface area contributed by atoms with Crippen molar-refractivity contribution in [1.82, 2.24) is 0 Å². The van der Waals surface area contributed by atoms with Gasteiger partial charge in [-0.3, -0.25) is 0 Å². The lowest BCUT2D eigenvalue weighted by Crippen LogP contribution is -2.06. The van der Waals surface area contributed by atoms with E-state index < -0.39 is 0 Å². The first-order valence-corrected chi connectivity index (χ1v) is 3.60. The van der Waals surface area contributed by atoms with Gasteiger partial charge in [0.1, 0.15) is 0 Å². The third kappa shape index (κ3) is 4.26. The Balaban J connectivity index is 3.70. The molecule has 0 N–H and O–H groups in total. The van der Waals surface area contributed by atoms with Crippen molar-refractivity contribution < 1.29 is 0 Å². The van der Waals surface area contributed by atoms with Gasteiger partial charge in [0, 0.05) is 0 Å². The second-order valence-corrected chi connectivity index (χ2v) is 2.93. The Morgan fingerprint density at radius 3 is 2.22 bits per heavy atom. The highest BCUT2D eigenvalue weighted by molar-refractivity contribution is 5.00. The second kappa shape index (κ2) is 3.71. The normalized spacial score (nSPS) is 12.9. The summed E-state index contributed by atoms with van der Waals surface area (Å²) in [4.78, 5) is 0. The zero-order valence-corrected chi connectivity index (χ0v) is 6.94. The van der Waals surface area contributed by atoms with Crippen LogP contribution in [-0.4, -0.2) is 0 Å². The number of hydrogen-bond acceptors (Lipinski definition) is 0. The Labute approximate surface area is 59.0 Å². The van der Waals surface area contributed by atoms with E-state index in [9.17, 15) is 0 Å². The van der Waals surface area contributed by atoms with Crippen molar-refractivity contribution in [2.75, 3.05) is 0 Å². The summed E-state index contributed by atoms with van der Waals surface area (Å²) in [5, 5.41) is 0. The van der Waals surface area contributed by atoms with Crippen molar-refractivity contribution in [3.05, 3.63) is 18.6 Å². The molecule has 0 aromatic carbocycles. The summed E-state index contributed by atoms with van der Waals surface area (Å²) in [7, 11) is 0. The Morgan fingerprint density at radius 1 is 1.33 bits per heavy atom. The molecule has 0 bridgehead atoms. The maximum atomic E-state index is 2.31. The van der Waals surface area contributed by atoms with E-state index in [1.54, 1.807) is 0 Å². The zero-order valence-electron chi connectivity index (χ0n) is 6.94. The van der Waals surface area contributed by atoms with Crippen LogP contribution in [0.3, 0.4) is 0 Å². The quantitative estimate of drug-likeness (QED) is 0.508. The van der Waals surface area contributed by atoms with E-state index in [0.29, 0.717) is 5.41 Å². The molecule has 0 atom stereocenters. The van der Waals surface area contributed by atoms with Crippen LogP contribution < -0.4 is 0 Å². The van der Waals surface area contributed by atoms with E-state index in [2.05, 4.69) is 46.3 Å². The second-order valence-electron chi connectivity index (χ2n) is 2.93. The Morgan fingerprint density at radius 2 is 1.89 bits per heavy atom. The van der Waals surface area contributed by atoms with Crippen LogP contribution in [0.5, 0.6) is 0 Å². The van der Waals surface area contributed by atoms with Crippen LogP contribution in [0.1, 0.15) is 34.1 Å². The number of hydrogen-bond donors (Lipinski definition) is 0. The third-order valence-electron chi connectivity index (χ3n) is 1.33. The molecule has 0 amide bonds. The molecule has 0 heterocycles. The van der Waals surface area contributed by atoms with Crippen molar-refractivity contribution >= 4 is 0 Å². The maximum absolute atomic E-state index is 2.31. The topological polar surface area (TPSA) is 0 Å². The van der Waals surface area contributed by atoms with Crippen LogP contribution in [0.25, 0.3) is 0 Å². The molecular formula is C9H17. The van der Waals surface area contributed by atoms with Crippen LogP contribution in [0, 0.1) is 11.8 Å². The lowest BCUT2D eigenvalue weighted by atomic mass is 9.88. The van der Waals surface area contributed by atoms with Crippen LogP contribution in [0.4, 0.5) is 0 Å². The van der Waals surface area contributed by atoms with Gasteiger partial charge in [-0.05, 0) is 18.8 Å². The van der Waals surface area contributed by atoms with E-state index >= 15 is 0 Å². The summed E-state index contributed by atoms with van der Waals surface area (Å²) in [6.07, 6.45) is 7.78. The minimum atomic E-state index is 0.295. The Hall–Kier alpha value is -0.260. The highest BCUT2D eigenvalue weighted by atomic mass is 14.1. The first kappa shape index (κ1) is 8.74. The fraction of sp³-hybridized carbons (Fsp3) is 0.667. The van der Waals surface area contributed by atoms with Crippen LogP contribution in [0.15, 0.2) is 12.2 Å². The first-order chi connectivity index (χ1) is 4.12. The zero-order chi connectivity index (χ0) is 7.33. The standard InChI is InChI=1S/C9H17/c1-5-7-9(3,4)8-6-2/h5,7-8H,6H2,1-4H3. The molecule has 0 saturated heterocycles. The van der Waals surface area contributed by atoms with Gasteiger partial charge in [-0.25, -0.2) is 0 Å². The van der Waals surface area contributed by atoms with Crippen LogP contribution in [0.2, 0.25) is 0 Å². The maximum Gasteiger partial charge on any atom is -0.0144 e. The van der Waals surface area contributed by atoms with Gasteiger partial charge >= 0.3 is 0 Å². The van der Waals surface area contributed by atoms with Gasteiger partial charge < -0.3 is 0 Å². The molecule has 0 rings (SSSR count). The van der Waals surface area contributed by atoms with Crippen molar-refractivity contribution in [3.8, 4) is 0 Å². The van der Waals surface area contributed by atoms with Gasteiger partial charge in [-0.15, -0.1) is 0 Å². The Kier molecular flexibility index (Phi) is 3.60. The van der Waals surface area contributed by atoms with Crippen molar-refractivity contribution in [3.63, 3.8) is 0 Å². The molecule has 0 aromatic heterocycles. The lowest BCUT2D eigenvalue weighted by Gasteiger charge is -2.17. The summed E-state index contributed by atoms with van der Waals surface area (Å²) in [5.41, 5.74) is 0.295. The average Bonchev–Trinajstić information content (AvgIpc) is 1.64. The molecular weight excluding hydrogens is 108 g/mol. The summed E-state index contributed by atoms with van der Waals surface area (Å²) >= 11 is 0. The number of allylic oxidation sites excluding steroid dienone is 2. The predicted molar refractivity (Wildman–Crippen MR) is 43.2 cm³/mol. The summed E-state index contributed by atoms with van der Waals surface area (Å²) in [6.45, 7) is 8.67. The molecule has 0 saturated carbocycles. The van der Waals surface area contributed by atoms with Crippen LogP contribution >= 0.6 is 0 Å². The van der Waals surface area contributed by atoms with Crippen molar-refractivity contribution in [1.29, 1.82) is 0 Å². The summed E-state index contributed by atoms with van der Waals surface area (Å²) < 4.78 is 0. The molecule has 9 heavy (non-hydrogen) atoms. The molecule has 53 valence electrons. The molecule has 0 aliphatic heterocycles. The summed E-state index contributed by atoms with van der Waals surface area (Å²) in [5.74, 6) is 0. The van der Waals surface area contributed by atoms with Gasteiger partial charge in [0.05, 0.1) is 0 Å². The van der Waals surface area contributed by atoms with Gasteiger partial charge in [-0.1, -0.05) is 39.3 Å². The molecule has 0 nitrogen and oxygen atoms in total. The first-order valence-electron chi connectivity index (χ1n) is 3.60. The highest BCUT2D eigenvalue weighted by Crippen LogP contribution is 2.21. The van der Waals surface area contributed by atoms with E-state index in [1.165, 1.54) is 0 Å². The molecule has 0 aliphatic rings. The van der Waals surface area contributed by atoms with E-state index in [4.69, 9.17) is 0 Å². The highest BCUT2D eigenvalue weighted by Gasteiger charge is 2.10. The average molecular weight is 125 g/mol. The van der Waals surface area contributed by atoms with E-state index in [0.717, 1.165) is 6.42 Å².